The maximum absolute atomic E-state index is 4.73. The lowest BCUT2D eigenvalue weighted by Crippen LogP contribution is -2.01. The third kappa shape index (κ3) is 4.00. The maximum Gasteiger partial charge on any atom is 0.0832 e. The summed E-state index contributed by atoms with van der Waals surface area (Å²) in [7, 11) is 0. The Morgan fingerprint density at radius 3 is 2.58 bits per heavy atom. The van der Waals surface area contributed by atoms with Crippen LogP contribution < -0.4 is 5.43 Å². The number of anilines is 1. The molecule has 0 radical (unpaired) electrons. The van der Waals surface area contributed by atoms with E-state index in [2.05, 4.69) is 81.8 Å². The van der Waals surface area contributed by atoms with E-state index in [0.717, 1.165) is 34.8 Å². The second-order valence-electron chi connectivity index (χ2n) is 7.40. The van der Waals surface area contributed by atoms with Crippen LogP contribution >= 0.6 is 11.3 Å². The molecule has 0 aliphatic carbocycles. The van der Waals surface area contributed by atoms with Gasteiger partial charge in [-0.05, 0) is 24.6 Å². The third-order valence-corrected chi connectivity index (χ3v) is 5.94. The van der Waals surface area contributed by atoms with Gasteiger partial charge in [0.15, 0.2) is 0 Å². The van der Waals surface area contributed by atoms with Gasteiger partial charge in [-0.25, -0.2) is 4.98 Å². The first kappa shape index (κ1) is 19.3. The molecule has 0 aliphatic rings. The highest BCUT2D eigenvalue weighted by molar-refractivity contribution is 7.07. The topological polar surface area (TPSA) is 42.2 Å². The van der Waals surface area contributed by atoms with Crippen molar-refractivity contribution in [1.29, 1.82) is 0 Å². The molecule has 0 amide bonds. The van der Waals surface area contributed by atoms with Crippen molar-refractivity contribution in [2.75, 3.05) is 5.43 Å². The highest BCUT2D eigenvalue weighted by Gasteiger charge is 2.12. The molecule has 0 bridgehead atoms. The number of aromatic nitrogens is 2. The van der Waals surface area contributed by atoms with E-state index in [4.69, 9.17) is 5.10 Å². The lowest BCUT2D eigenvalue weighted by molar-refractivity contribution is 0.836. The predicted octanol–water partition coefficient (Wildman–Crippen LogP) is 6.65. The van der Waals surface area contributed by atoms with Gasteiger partial charge < -0.3 is 4.57 Å². The fourth-order valence-corrected chi connectivity index (χ4v) is 4.35. The Balaban J connectivity index is 1.48. The first-order valence-electron chi connectivity index (χ1n) is 10.2. The van der Waals surface area contributed by atoms with E-state index in [-0.39, 0.29) is 0 Å². The summed E-state index contributed by atoms with van der Waals surface area (Å²) in [5.41, 5.74) is 12.6. The molecule has 2 heterocycles. The second kappa shape index (κ2) is 8.58. The molecule has 5 rings (SSSR count). The molecule has 2 aromatic heterocycles. The molecule has 1 N–H and O–H groups in total. The molecular formula is C26H22N4S. The normalized spacial score (nSPS) is 11.7. The molecule has 0 aliphatic heterocycles. The van der Waals surface area contributed by atoms with Gasteiger partial charge in [0.1, 0.15) is 0 Å². The Morgan fingerprint density at radius 2 is 1.74 bits per heavy atom. The smallest absolute Gasteiger partial charge is 0.0832 e. The zero-order chi connectivity index (χ0) is 21.0. The lowest BCUT2D eigenvalue weighted by Gasteiger charge is -2.07. The van der Waals surface area contributed by atoms with Gasteiger partial charge >= 0.3 is 0 Å². The van der Waals surface area contributed by atoms with Crippen LogP contribution in [0.2, 0.25) is 0 Å². The molecule has 0 atom stereocenters. The fourth-order valence-electron chi connectivity index (χ4n) is 3.80. The minimum Gasteiger partial charge on any atom is -0.342 e. The minimum atomic E-state index is 0.828. The SMILES string of the molecule is CC(=NNc1ccccc1-c1cscn1)c1cn(Cc2ccccc2)c2ccccc12. The molecule has 0 saturated carbocycles. The van der Waals surface area contributed by atoms with Crippen LogP contribution in [0, 0.1) is 0 Å². The average Bonchev–Trinajstić information content (AvgIpc) is 3.47. The largest absolute Gasteiger partial charge is 0.342 e. The van der Waals surface area contributed by atoms with E-state index in [1.807, 2.05) is 36.0 Å². The molecule has 0 spiro atoms. The summed E-state index contributed by atoms with van der Waals surface area (Å²) in [6.45, 7) is 2.88. The molecule has 152 valence electrons. The second-order valence-corrected chi connectivity index (χ2v) is 8.12. The van der Waals surface area contributed by atoms with Crippen molar-refractivity contribution in [1.82, 2.24) is 9.55 Å². The Bertz CT molecular complexity index is 1330. The number of thiazole rings is 1. The molecule has 0 fully saturated rings. The van der Waals surface area contributed by atoms with Crippen LogP contribution in [0.3, 0.4) is 0 Å². The molecule has 5 heteroatoms. The minimum absolute atomic E-state index is 0.828. The first-order chi connectivity index (χ1) is 15.3. The maximum atomic E-state index is 4.73. The number of para-hydroxylation sites is 2. The Hall–Kier alpha value is -3.70. The van der Waals surface area contributed by atoms with Crippen LogP contribution in [0.5, 0.6) is 0 Å². The zero-order valence-corrected chi connectivity index (χ0v) is 18.0. The highest BCUT2D eigenvalue weighted by atomic mass is 32.1. The predicted molar refractivity (Wildman–Crippen MR) is 131 cm³/mol. The summed E-state index contributed by atoms with van der Waals surface area (Å²) in [4.78, 5) is 4.44. The molecule has 0 saturated heterocycles. The van der Waals surface area contributed by atoms with E-state index in [9.17, 15) is 0 Å². The number of benzene rings is 3. The van der Waals surface area contributed by atoms with Crippen LogP contribution in [-0.4, -0.2) is 15.3 Å². The van der Waals surface area contributed by atoms with Crippen molar-refractivity contribution in [2.24, 2.45) is 5.10 Å². The van der Waals surface area contributed by atoms with E-state index in [1.165, 1.54) is 16.5 Å². The van der Waals surface area contributed by atoms with Gasteiger partial charge in [0, 0.05) is 40.2 Å². The van der Waals surface area contributed by atoms with Gasteiger partial charge in [-0.3, -0.25) is 5.43 Å². The summed E-state index contributed by atoms with van der Waals surface area (Å²) < 4.78 is 2.29. The summed E-state index contributed by atoms with van der Waals surface area (Å²) in [6, 6.07) is 27.2. The molecule has 31 heavy (non-hydrogen) atoms. The van der Waals surface area contributed by atoms with Crippen molar-refractivity contribution >= 4 is 33.6 Å². The lowest BCUT2D eigenvalue weighted by atomic mass is 10.1. The first-order valence-corrected chi connectivity index (χ1v) is 11.1. The Morgan fingerprint density at radius 1 is 0.968 bits per heavy atom. The Kier molecular flexibility index (Phi) is 5.33. The van der Waals surface area contributed by atoms with Crippen LogP contribution in [0.15, 0.2) is 101 Å². The van der Waals surface area contributed by atoms with Crippen molar-refractivity contribution < 1.29 is 0 Å². The fraction of sp³-hybridized carbons (Fsp3) is 0.0769. The number of hydrazone groups is 1. The van der Waals surface area contributed by atoms with Crippen LogP contribution in [-0.2, 0) is 6.54 Å². The molecular weight excluding hydrogens is 400 g/mol. The number of nitrogens with zero attached hydrogens (tertiary/aromatic N) is 3. The molecule has 0 unspecified atom stereocenters. The number of fused-ring (bicyclic) bond motifs is 1. The number of nitrogens with one attached hydrogen (secondary N) is 1. The summed E-state index contributed by atoms with van der Waals surface area (Å²) in [6.07, 6.45) is 2.20. The van der Waals surface area contributed by atoms with Crippen LogP contribution in [0.25, 0.3) is 22.2 Å². The van der Waals surface area contributed by atoms with Crippen molar-refractivity contribution in [3.63, 3.8) is 0 Å². The van der Waals surface area contributed by atoms with E-state index >= 15 is 0 Å². The average molecular weight is 423 g/mol. The molecule has 3 aromatic carbocycles. The number of hydrogen-bond donors (Lipinski definition) is 1. The van der Waals surface area contributed by atoms with Crippen molar-refractivity contribution in [3.05, 3.63) is 107 Å². The standard InChI is InChI=1S/C26H22N4S/c1-19(28-29-24-13-7-5-12-22(24)25-17-31-18-27-25)23-16-30(15-20-9-3-2-4-10-20)26-14-8-6-11-21(23)26/h2-14,16-18,29H,15H2,1H3. The van der Waals surface area contributed by atoms with Crippen LogP contribution in [0.4, 0.5) is 5.69 Å². The van der Waals surface area contributed by atoms with Gasteiger partial charge in [0.25, 0.3) is 0 Å². The van der Waals surface area contributed by atoms with Gasteiger partial charge in [-0.1, -0.05) is 66.7 Å². The third-order valence-electron chi connectivity index (χ3n) is 5.35. The summed E-state index contributed by atoms with van der Waals surface area (Å²) in [5.74, 6) is 0. The van der Waals surface area contributed by atoms with E-state index in [0.29, 0.717) is 0 Å². The molecule has 5 aromatic rings. The van der Waals surface area contributed by atoms with Gasteiger partial charge in [-0.2, -0.15) is 5.10 Å². The summed E-state index contributed by atoms with van der Waals surface area (Å²) in [5, 5.41) is 7.99. The van der Waals surface area contributed by atoms with E-state index in [1.54, 1.807) is 11.3 Å². The van der Waals surface area contributed by atoms with Crippen LogP contribution in [0.1, 0.15) is 18.1 Å². The number of hydrogen-bond acceptors (Lipinski definition) is 4. The number of rotatable bonds is 6. The van der Waals surface area contributed by atoms with Crippen molar-refractivity contribution in [2.45, 2.75) is 13.5 Å². The zero-order valence-electron chi connectivity index (χ0n) is 17.2. The van der Waals surface area contributed by atoms with Gasteiger partial charge in [-0.15, -0.1) is 11.3 Å². The monoisotopic (exact) mass is 422 g/mol. The highest BCUT2D eigenvalue weighted by Crippen LogP contribution is 2.28. The summed E-state index contributed by atoms with van der Waals surface area (Å²) >= 11 is 1.59. The quantitative estimate of drug-likeness (QED) is 0.246. The van der Waals surface area contributed by atoms with Gasteiger partial charge in [0.05, 0.1) is 22.6 Å². The van der Waals surface area contributed by atoms with E-state index < -0.39 is 0 Å². The molecule has 4 nitrogen and oxygen atoms in total. The Labute approximate surface area is 185 Å². The van der Waals surface area contributed by atoms with Gasteiger partial charge in [0.2, 0.25) is 0 Å². The van der Waals surface area contributed by atoms with Crippen molar-refractivity contribution in [3.8, 4) is 11.3 Å².